The summed E-state index contributed by atoms with van der Waals surface area (Å²) >= 11 is 0. The molecule has 2 heterocycles. The van der Waals surface area contributed by atoms with Gasteiger partial charge in [0.05, 0.1) is 17.4 Å². The number of hydrazone groups is 1. The maximum atomic E-state index is 10.1. The van der Waals surface area contributed by atoms with Crippen LogP contribution in [0, 0.1) is 0 Å². The average Bonchev–Trinajstić information content (AvgIpc) is 3.62. The molecule has 1 aliphatic heterocycles. The highest BCUT2D eigenvalue weighted by atomic mass is 16.3. The summed E-state index contributed by atoms with van der Waals surface area (Å²) in [7, 11) is 0. The second kappa shape index (κ2) is 12.9. The molecule has 0 unspecified atom stereocenters. The van der Waals surface area contributed by atoms with Crippen LogP contribution in [0.1, 0.15) is 23.6 Å². The van der Waals surface area contributed by atoms with Gasteiger partial charge in [-0.1, -0.05) is 109 Å². The predicted octanol–water partition coefficient (Wildman–Crippen LogP) is 10.0. The van der Waals surface area contributed by atoms with Gasteiger partial charge in [0.2, 0.25) is 17.1 Å². The summed E-state index contributed by atoms with van der Waals surface area (Å²) in [5.74, 6) is 0.242. The number of nitrogens with zero attached hydrogens (tertiary/aromatic N) is 3. The van der Waals surface area contributed by atoms with Crippen molar-refractivity contribution in [1.82, 2.24) is 0 Å². The lowest BCUT2D eigenvalue weighted by atomic mass is 9.97. The molecule has 7 aromatic rings. The van der Waals surface area contributed by atoms with Crippen LogP contribution in [-0.4, -0.2) is 10.8 Å². The fraction of sp³-hybridized carbons (Fsp3) is 0.0455. The first kappa shape index (κ1) is 29.2. The Labute approximate surface area is 281 Å². The van der Waals surface area contributed by atoms with E-state index in [9.17, 15) is 5.11 Å². The third-order valence-electron chi connectivity index (χ3n) is 8.98. The van der Waals surface area contributed by atoms with Crippen molar-refractivity contribution in [2.45, 2.75) is 12.5 Å². The molecule has 0 radical (unpaired) electrons. The molecule has 230 valence electrons. The molecule has 1 N–H and O–H groups in total. The fourth-order valence-corrected chi connectivity index (χ4v) is 6.58. The van der Waals surface area contributed by atoms with E-state index in [1.54, 1.807) is 12.1 Å². The molecular formula is C44H34N3O+. The number of phenols is 1. The van der Waals surface area contributed by atoms with Gasteiger partial charge in [0.25, 0.3) is 0 Å². The van der Waals surface area contributed by atoms with E-state index in [0.29, 0.717) is 0 Å². The van der Waals surface area contributed by atoms with Crippen molar-refractivity contribution in [2.24, 2.45) is 5.10 Å². The highest BCUT2D eigenvalue weighted by molar-refractivity contribution is 6.03. The van der Waals surface area contributed by atoms with Crippen molar-refractivity contribution in [3.05, 3.63) is 193 Å². The van der Waals surface area contributed by atoms with Gasteiger partial charge >= 0.3 is 0 Å². The van der Waals surface area contributed by atoms with Gasteiger partial charge in [0.15, 0.2) is 0 Å². The number of hydrogen-bond donors (Lipinski definition) is 1. The van der Waals surface area contributed by atoms with Crippen molar-refractivity contribution in [1.29, 1.82) is 0 Å². The highest BCUT2D eigenvalue weighted by Gasteiger charge is 2.30. The summed E-state index contributed by atoms with van der Waals surface area (Å²) in [6.07, 6.45) is 0.840. The smallest absolute Gasteiger partial charge is 0.219 e. The number of rotatable bonds is 7. The zero-order valence-corrected chi connectivity index (χ0v) is 26.4. The van der Waals surface area contributed by atoms with Gasteiger partial charge < -0.3 is 5.11 Å². The van der Waals surface area contributed by atoms with E-state index >= 15 is 0 Å². The van der Waals surface area contributed by atoms with Crippen molar-refractivity contribution in [2.75, 3.05) is 5.01 Å². The highest BCUT2D eigenvalue weighted by Crippen LogP contribution is 2.38. The maximum absolute atomic E-state index is 10.1. The summed E-state index contributed by atoms with van der Waals surface area (Å²) in [6, 6.07) is 62.9. The molecule has 0 saturated carbocycles. The third kappa shape index (κ3) is 5.76. The molecule has 48 heavy (non-hydrogen) atoms. The van der Waals surface area contributed by atoms with E-state index in [1.165, 1.54) is 5.56 Å². The number of anilines is 1. The molecule has 4 heteroatoms. The lowest BCUT2D eigenvalue weighted by Gasteiger charge is -2.24. The second-order valence-corrected chi connectivity index (χ2v) is 12.0. The molecule has 0 spiro atoms. The van der Waals surface area contributed by atoms with Crippen molar-refractivity contribution >= 4 is 11.4 Å². The Bertz CT molecular complexity index is 2120. The van der Waals surface area contributed by atoms with E-state index in [1.807, 2.05) is 30.3 Å². The van der Waals surface area contributed by atoms with Crippen molar-refractivity contribution < 1.29 is 9.67 Å². The van der Waals surface area contributed by atoms with E-state index in [2.05, 4.69) is 149 Å². The Morgan fingerprint density at radius 1 is 0.500 bits per heavy atom. The van der Waals surface area contributed by atoms with Gasteiger partial charge in [-0.25, -0.2) is 0 Å². The molecule has 0 saturated heterocycles. The van der Waals surface area contributed by atoms with Gasteiger partial charge in [-0.2, -0.15) is 9.67 Å². The molecule has 4 nitrogen and oxygen atoms in total. The average molecular weight is 621 g/mol. The summed E-state index contributed by atoms with van der Waals surface area (Å²) < 4.78 is 2.27. The zero-order chi connectivity index (χ0) is 32.3. The SMILES string of the molecule is Oc1ccc(-[n+]2c(-c3ccccc3)cc(-c3ccc(N4N=C(c5ccccc5)C[C@H]4c4ccccc4)cc3)cc2-c2ccccc2)cc1. The Hall–Kier alpha value is -6.26. The molecule has 0 aliphatic carbocycles. The lowest BCUT2D eigenvalue weighted by molar-refractivity contribution is -0.572. The molecular weight excluding hydrogens is 587 g/mol. The number of pyridine rings is 1. The molecule has 6 aromatic carbocycles. The number of hydrogen-bond acceptors (Lipinski definition) is 3. The summed E-state index contributed by atoms with van der Waals surface area (Å²) in [4.78, 5) is 0. The van der Waals surface area contributed by atoms with Crippen LogP contribution in [-0.2, 0) is 0 Å². The lowest BCUT2D eigenvalue weighted by Crippen LogP contribution is -2.36. The van der Waals surface area contributed by atoms with Gasteiger partial charge in [-0.15, -0.1) is 0 Å². The standard InChI is InChI=1S/C44H33N3O/c48-40-27-25-38(26-28-40)46-42(34-15-7-2-8-16-34)29-37(30-43(46)35-17-9-3-10-18-35)32-21-23-39(24-22-32)47-44(36-19-11-4-12-20-36)31-41(45-47)33-13-5-1-6-14-33/h1-30,44H,31H2/p+1/t44-/m0/s1. The molecule has 1 atom stereocenters. The minimum Gasteiger partial charge on any atom is -0.508 e. The minimum atomic E-state index is 0.114. The molecule has 1 aromatic heterocycles. The number of benzene rings is 6. The molecule has 0 bridgehead atoms. The van der Waals surface area contributed by atoms with Crippen LogP contribution in [0.25, 0.3) is 39.3 Å². The number of phenolic OH excluding ortho intramolecular Hbond substituents is 1. The predicted molar refractivity (Wildman–Crippen MR) is 195 cm³/mol. The third-order valence-corrected chi connectivity index (χ3v) is 8.98. The van der Waals surface area contributed by atoms with Crippen LogP contribution < -0.4 is 9.58 Å². The largest absolute Gasteiger partial charge is 0.508 e. The van der Waals surface area contributed by atoms with Crippen LogP contribution in [0.2, 0.25) is 0 Å². The van der Waals surface area contributed by atoms with Crippen LogP contribution in [0.15, 0.2) is 187 Å². The Balaban J connectivity index is 1.25. The molecule has 0 fully saturated rings. The van der Waals surface area contributed by atoms with Gasteiger partial charge in [0.1, 0.15) is 5.75 Å². The van der Waals surface area contributed by atoms with Crippen molar-refractivity contribution in [3.63, 3.8) is 0 Å². The summed E-state index contributed by atoms with van der Waals surface area (Å²) in [5.41, 5.74) is 12.1. The van der Waals surface area contributed by atoms with Crippen LogP contribution in [0.5, 0.6) is 5.75 Å². The fourth-order valence-electron chi connectivity index (χ4n) is 6.58. The minimum absolute atomic E-state index is 0.114. The first-order valence-electron chi connectivity index (χ1n) is 16.3. The summed E-state index contributed by atoms with van der Waals surface area (Å²) in [5, 5.41) is 17.5. The number of aromatic nitrogens is 1. The first-order valence-corrected chi connectivity index (χ1v) is 16.3. The topological polar surface area (TPSA) is 39.7 Å². The monoisotopic (exact) mass is 620 g/mol. The van der Waals surface area contributed by atoms with Gasteiger partial charge in [-0.3, -0.25) is 5.01 Å². The van der Waals surface area contributed by atoms with E-state index in [0.717, 1.165) is 62.7 Å². The Morgan fingerprint density at radius 3 is 1.54 bits per heavy atom. The Kier molecular flexibility index (Phi) is 7.81. The second-order valence-electron chi connectivity index (χ2n) is 12.0. The van der Waals surface area contributed by atoms with Crippen LogP contribution in [0.3, 0.4) is 0 Å². The van der Waals surface area contributed by atoms with Gasteiger partial charge in [0, 0.05) is 41.8 Å². The van der Waals surface area contributed by atoms with Crippen LogP contribution >= 0.6 is 0 Å². The molecule has 8 rings (SSSR count). The van der Waals surface area contributed by atoms with Gasteiger partial charge in [-0.05, 0) is 70.8 Å². The molecule has 0 amide bonds. The summed E-state index contributed by atoms with van der Waals surface area (Å²) in [6.45, 7) is 0. The Morgan fingerprint density at radius 2 is 1.00 bits per heavy atom. The first-order chi connectivity index (χ1) is 23.7. The number of aromatic hydroxyl groups is 1. The molecule has 1 aliphatic rings. The van der Waals surface area contributed by atoms with E-state index in [4.69, 9.17) is 5.10 Å². The van der Waals surface area contributed by atoms with E-state index < -0.39 is 0 Å². The van der Waals surface area contributed by atoms with Crippen molar-refractivity contribution in [3.8, 4) is 45.1 Å². The quantitative estimate of drug-likeness (QED) is 0.180. The van der Waals surface area contributed by atoms with E-state index in [-0.39, 0.29) is 11.8 Å². The normalized spacial score (nSPS) is 14.1. The maximum Gasteiger partial charge on any atom is 0.219 e. The zero-order valence-electron chi connectivity index (χ0n) is 26.4. The van der Waals surface area contributed by atoms with Crippen LogP contribution in [0.4, 0.5) is 5.69 Å².